The molecule has 1 aromatic carbocycles. The number of carbonyl (C=O) groups is 1. The van der Waals surface area contributed by atoms with Crippen LogP contribution in [-0.2, 0) is 10.0 Å². The van der Waals surface area contributed by atoms with Gasteiger partial charge in [-0.1, -0.05) is 38.2 Å². The molecule has 2 fully saturated rings. The van der Waals surface area contributed by atoms with Crippen LogP contribution in [0.4, 0.5) is 0 Å². The van der Waals surface area contributed by atoms with Gasteiger partial charge in [-0.15, -0.1) is 0 Å². The Balaban J connectivity index is 1.72. The standard InChI is InChI=1S/C21H32N2O3S/c1-22(17-18-10-5-4-6-11-18)21(24)19-12-9-13-20(16-19)27(25,26)23-14-7-2-3-8-15-23/h9,12-13,16,18H,2-8,10-11,14-15,17H2,1H3. The Labute approximate surface area is 163 Å². The number of nitrogens with zero attached hydrogens (tertiary/aromatic N) is 2. The smallest absolute Gasteiger partial charge is 0.253 e. The second-order valence-corrected chi connectivity index (χ2v) is 9.97. The molecule has 0 N–H and O–H groups in total. The van der Waals surface area contributed by atoms with E-state index in [1.54, 1.807) is 33.5 Å². The first-order valence-electron chi connectivity index (χ1n) is 10.3. The summed E-state index contributed by atoms with van der Waals surface area (Å²) in [4.78, 5) is 14.8. The van der Waals surface area contributed by atoms with E-state index in [-0.39, 0.29) is 10.8 Å². The largest absolute Gasteiger partial charge is 0.341 e. The third-order valence-corrected chi connectivity index (χ3v) is 7.78. The zero-order valence-corrected chi connectivity index (χ0v) is 17.2. The van der Waals surface area contributed by atoms with Gasteiger partial charge in [0, 0.05) is 32.2 Å². The van der Waals surface area contributed by atoms with Crippen molar-refractivity contribution in [2.24, 2.45) is 5.92 Å². The lowest BCUT2D eigenvalue weighted by Crippen LogP contribution is -2.33. The number of benzene rings is 1. The molecule has 0 spiro atoms. The van der Waals surface area contributed by atoms with Gasteiger partial charge in [0.05, 0.1) is 4.90 Å². The lowest BCUT2D eigenvalue weighted by molar-refractivity contribution is 0.0760. The molecule has 0 aromatic heterocycles. The number of hydrogen-bond acceptors (Lipinski definition) is 3. The molecule has 1 aliphatic heterocycles. The SMILES string of the molecule is CN(CC1CCCCC1)C(=O)c1cccc(S(=O)(=O)N2CCCCCC2)c1. The lowest BCUT2D eigenvalue weighted by Gasteiger charge is -2.27. The summed E-state index contributed by atoms with van der Waals surface area (Å²) in [6.07, 6.45) is 10.1. The topological polar surface area (TPSA) is 57.7 Å². The van der Waals surface area contributed by atoms with Crippen molar-refractivity contribution in [3.63, 3.8) is 0 Å². The van der Waals surface area contributed by atoms with Gasteiger partial charge in [0.15, 0.2) is 0 Å². The van der Waals surface area contributed by atoms with Gasteiger partial charge in [-0.3, -0.25) is 4.79 Å². The molecule has 27 heavy (non-hydrogen) atoms. The monoisotopic (exact) mass is 392 g/mol. The molecule has 0 bridgehead atoms. The van der Waals surface area contributed by atoms with Gasteiger partial charge in [-0.25, -0.2) is 8.42 Å². The quantitative estimate of drug-likeness (QED) is 0.763. The molecule has 1 heterocycles. The Kier molecular flexibility index (Phi) is 6.93. The predicted octanol–water partition coefficient (Wildman–Crippen LogP) is 3.90. The van der Waals surface area contributed by atoms with Crippen molar-refractivity contribution in [2.45, 2.75) is 62.7 Å². The first kappa shape index (κ1) is 20.3. The summed E-state index contributed by atoms with van der Waals surface area (Å²) in [7, 11) is -1.71. The van der Waals surface area contributed by atoms with Crippen LogP contribution in [0.25, 0.3) is 0 Å². The van der Waals surface area contributed by atoms with Crippen LogP contribution in [0.15, 0.2) is 29.2 Å². The fourth-order valence-electron chi connectivity index (χ4n) is 4.28. The molecule has 1 aromatic rings. The Morgan fingerprint density at radius 2 is 1.67 bits per heavy atom. The summed E-state index contributed by atoms with van der Waals surface area (Å²) in [5.41, 5.74) is 0.462. The number of rotatable bonds is 5. The summed E-state index contributed by atoms with van der Waals surface area (Å²) in [6.45, 7) is 1.89. The van der Waals surface area contributed by atoms with Gasteiger partial charge >= 0.3 is 0 Å². The van der Waals surface area contributed by atoms with E-state index in [4.69, 9.17) is 0 Å². The maximum absolute atomic E-state index is 13.0. The van der Waals surface area contributed by atoms with Crippen molar-refractivity contribution >= 4 is 15.9 Å². The van der Waals surface area contributed by atoms with Crippen molar-refractivity contribution in [1.82, 2.24) is 9.21 Å². The minimum absolute atomic E-state index is 0.0894. The molecule has 5 nitrogen and oxygen atoms in total. The maximum atomic E-state index is 13.0. The molecule has 1 amide bonds. The molecule has 0 unspecified atom stereocenters. The molecule has 2 aliphatic rings. The van der Waals surface area contributed by atoms with Gasteiger partial charge in [-0.2, -0.15) is 4.31 Å². The van der Waals surface area contributed by atoms with Crippen LogP contribution in [0, 0.1) is 5.92 Å². The zero-order chi connectivity index (χ0) is 19.3. The van der Waals surface area contributed by atoms with Crippen molar-refractivity contribution in [1.29, 1.82) is 0 Å². The molecule has 6 heteroatoms. The third kappa shape index (κ3) is 5.11. The van der Waals surface area contributed by atoms with Gasteiger partial charge < -0.3 is 4.90 Å². The fraction of sp³-hybridized carbons (Fsp3) is 0.667. The molecule has 3 rings (SSSR count). The molecule has 0 radical (unpaired) electrons. The van der Waals surface area contributed by atoms with Gasteiger partial charge in [0.2, 0.25) is 10.0 Å². The molecule has 1 saturated heterocycles. The number of amides is 1. The highest BCUT2D eigenvalue weighted by Crippen LogP contribution is 2.25. The normalized spacial score (nSPS) is 20.2. The van der Waals surface area contributed by atoms with Crippen LogP contribution in [0.2, 0.25) is 0 Å². The van der Waals surface area contributed by atoms with E-state index in [0.717, 1.165) is 32.2 Å². The van der Waals surface area contributed by atoms with Crippen LogP contribution in [-0.4, -0.2) is 50.2 Å². The molecular formula is C21H32N2O3S. The highest BCUT2D eigenvalue weighted by Gasteiger charge is 2.26. The summed E-state index contributed by atoms with van der Waals surface area (Å²) in [6, 6.07) is 6.58. The number of carbonyl (C=O) groups excluding carboxylic acids is 1. The summed E-state index contributed by atoms with van der Waals surface area (Å²) < 4.78 is 27.6. The Morgan fingerprint density at radius 1 is 1.04 bits per heavy atom. The van der Waals surface area contributed by atoms with E-state index in [1.807, 2.05) is 7.05 Å². The minimum Gasteiger partial charge on any atom is -0.341 e. The average Bonchev–Trinajstić information content (AvgIpc) is 2.98. The van der Waals surface area contributed by atoms with Crippen molar-refractivity contribution < 1.29 is 13.2 Å². The van der Waals surface area contributed by atoms with E-state index in [9.17, 15) is 13.2 Å². The van der Waals surface area contributed by atoms with Crippen LogP contribution >= 0.6 is 0 Å². The summed E-state index contributed by atoms with van der Waals surface area (Å²) in [5, 5.41) is 0. The summed E-state index contributed by atoms with van der Waals surface area (Å²) >= 11 is 0. The van der Waals surface area contributed by atoms with E-state index < -0.39 is 10.0 Å². The first-order chi connectivity index (χ1) is 13.0. The molecule has 150 valence electrons. The van der Waals surface area contributed by atoms with Crippen molar-refractivity contribution in [2.75, 3.05) is 26.7 Å². The second kappa shape index (κ2) is 9.20. The maximum Gasteiger partial charge on any atom is 0.253 e. The first-order valence-corrected chi connectivity index (χ1v) is 11.8. The minimum atomic E-state index is -3.53. The van der Waals surface area contributed by atoms with Gasteiger partial charge in [-0.05, 0) is 49.8 Å². The lowest BCUT2D eigenvalue weighted by atomic mass is 9.89. The van der Waals surface area contributed by atoms with Crippen molar-refractivity contribution in [3.05, 3.63) is 29.8 Å². The van der Waals surface area contributed by atoms with E-state index in [1.165, 1.54) is 32.1 Å². The van der Waals surface area contributed by atoms with Crippen LogP contribution in [0.1, 0.15) is 68.1 Å². The van der Waals surface area contributed by atoms with Crippen molar-refractivity contribution in [3.8, 4) is 0 Å². The van der Waals surface area contributed by atoms with Crippen LogP contribution < -0.4 is 0 Å². The molecule has 0 atom stereocenters. The average molecular weight is 393 g/mol. The van der Waals surface area contributed by atoms with Gasteiger partial charge in [0.25, 0.3) is 5.91 Å². The highest BCUT2D eigenvalue weighted by atomic mass is 32.2. The highest BCUT2D eigenvalue weighted by molar-refractivity contribution is 7.89. The predicted molar refractivity (Wildman–Crippen MR) is 107 cm³/mol. The Hall–Kier alpha value is -1.40. The van der Waals surface area contributed by atoms with E-state index in [2.05, 4.69) is 0 Å². The van der Waals surface area contributed by atoms with Gasteiger partial charge in [0.1, 0.15) is 0 Å². The summed E-state index contributed by atoms with van der Waals surface area (Å²) in [5.74, 6) is 0.477. The fourth-order valence-corrected chi connectivity index (χ4v) is 5.84. The van der Waals surface area contributed by atoms with Crippen LogP contribution in [0.3, 0.4) is 0 Å². The molecule has 1 aliphatic carbocycles. The van der Waals surface area contributed by atoms with E-state index in [0.29, 0.717) is 24.6 Å². The molecular weight excluding hydrogens is 360 g/mol. The van der Waals surface area contributed by atoms with Crippen LogP contribution in [0.5, 0.6) is 0 Å². The zero-order valence-electron chi connectivity index (χ0n) is 16.4. The number of sulfonamides is 1. The number of hydrogen-bond donors (Lipinski definition) is 0. The third-order valence-electron chi connectivity index (χ3n) is 5.89. The Morgan fingerprint density at radius 3 is 2.33 bits per heavy atom. The second-order valence-electron chi connectivity index (χ2n) is 8.04. The Bertz CT molecular complexity index is 734. The molecule has 1 saturated carbocycles. The van der Waals surface area contributed by atoms with E-state index >= 15 is 0 Å².